The van der Waals surface area contributed by atoms with Crippen LogP contribution < -0.4 is 0 Å². The highest BCUT2D eigenvalue weighted by molar-refractivity contribution is 6.71. The molecule has 16 heavy (non-hydrogen) atoms. The van der Waals surface area contributed by atoms with Gasteiger partial charge < -0.3 is 4.43 Å². The number of nitrogens with zero attached hydrogens (tertiary/aromatic N) is 1. The fourth-order valence-electron chi connectivity index (χ4n) is 1.67. The molecule has 0 aliphatic rings. The summed E-state index contributed by atoms with van der Waals surface area (Å²) in [6.45, 7) is 11.9. The van der Waals surface area contributed by atoms with E-state index in [1.165, 1.54) is 0 Å². The standard InChI is InChI=1S/C13H23NOSi/c1-5-9-13(10-6-2)15-16(3,4)12-8-7-11-14/h5-6,13H,1-2,7-10,12H2,3-4H3. The van der Waals surface area contributed by atoms with Gasteiger partial charge in [0.15, 0.2) is 8.32 Å². The highest BCUT2D eigenvalue weighted by atomic mass is 28.4. The smallest absolute Gasteiger partial charge is 0.187 e. The Morgan fingerprint density at radius 2 is 1.88 bits per heavy atom. The van der Waals surface area contributed by atoms with E-state index in [2.05, 4.69) is 32.3 Å². The summed E-state index contributed by atoms with van der Waals surface area (Å²) in [5.41, 5.74) is 0. The normalized spacial score (nSPS) is 11.1. The molecule has 0 aromatic heterocycles. The summed E-state index contributed by atoms with van der Waals surface area (Å²) in [6, 6.07) is 3.23. The molecule has 0 saturated carbocycles. The Morgan fingerprint density at radius 3 is 2.31 bits per heavy atom. The molecule has 0 bridgehead atoms. The average molecular weight is 237 g/mol. The monoisotopic (exact) mass is 237 g/mol. The number of unbranched alkanes of at least 4 members (excludes halogenated alkanes) is 1. The SMILES string of the molecule is C=CCC(CC=C)O[Si](C)(C)CCCC#N. The third-order valence-electron chi connectivity index (χ3n) is 2.41. The van der Waals surface area contributed by atoms with Gasteiger partial charge in [0, 0.05) is 6.42 Å². The van der Waals surface area contributed by atoms with Gasteiger partial charge in [-0.2, -0.15) is 5.26 Å². The molecule has 0 spiro atoms. The van der Waals surface area contributed by atoms with E-state index in [4.69, 9.17) is 9.69 Å². The number of hydrogen-bond acceptors (Lipinski definition) is 2. The Hall–Kier alpha value is -0.853. The summed E-state index contributed by atoms with van der Waals surface area (Å²) in [6.07, 6.45) is 7.35. The zero-order valence-corrected chi connectivity index (χ0v) is 11.5. The van der Waals surface area contributed by atoms with Gasteiger partial charge in [-0.3, -0.25) is 0 Å². The second-order valence-electron chi connectivity index (χ2n) is 4.56. The first kappa shape index (κ1) is 15.1. The molecule has 2 nitrogen and oxygen atoms in total. The van der Waals surface area contributed by atoms with Crippen LogP contribution in [0.1, 0.15) is 25.7 Å². The summed E-state index contributed by atoms with van der Waals surface area (Å²) in [5, 5.41) is 8.51. The summed E-state index contributed by atoms with van der Waals surface area (Å²) < 4.78 is 6.15. The Morgan fingerprint density at radius 1 is 1.31 bits per heavy atom. The van der Waals surface area contributed by atoms with Gasteiger partial charge in [-0.15, -0.1) is 13.2 Å². The third kappa shape index (κ3) is 7.44. The molecule has 0 heterocycles. The maximum absolute atomic E-state index is 8.51. The van der Waals surface area contributed by atoms with Gasteiger partial charge in [-0.05, 0) is 38.4 Å². The van der Waals surface area contributed by atoms with Gasteiger partial charge in [0.2, 0.25) is 0 Å². The van der Waals surface area contributed by atoms with Crippen LogP contribution in [0.25, 0.3) is 0 Å². The highest BCUT2D eigenvalue weighted by Crippen LogP contribution is 2.20. The molecule has 0 aromatic rings. The molecule has 0 aliphatic heterocycles. The van der Waals surface area contributed by atoms with Gasteiger partial charge in [0.1, 0.15) is 0 Å². The molecule has 90 valence electrons. The minimum atomic E-state index is -1.62. The van der Waals surface area contributed by atoms with Crippen molar-refractivity contribution in [3.05, 3.63) is 25.3 Å². The first-order chi connectivity index (χ1) is 7.55. The van der Waals surface area contributed by atoms with Crippen molar-refractivity contribution >= 4 is 8.32 Å². The topological polar surface area (TPSA) is 33.0 Å². The van der Waals surface area contributed by atoms with Crippen molar-refractivity contribution in [2.75, 3.05) is 0 Å². The molecule has 0 aromatic carbocycles. The van der Waals surface area contributed by atoms with Crippen molar-refractivity contribution in [1.29, 1.82) is 5.26 Å². The predicted octanol–water partition coefficient (Wildman–Crippen LogP) is 4.03. The molecular weight excluding hydrogens is 214 g/mol. The van der Waals surface area contributed by atoms with Crippen molar-refractivity contribution < 1.29 is 4.43 Å². The Bertz CT molecular complexity index is 245. The fraction of sp³-hybridized carbons (Fsp3) is 0.615. The van der Waals surface area contributed by atoms with Gasteiger partial charge in [-0.1, -0.05) is 12.2 Å². The van der Waals surface area contributed by atoms with Crippen LogP contribution in [0, 0.1) is 11.3 Å². The summed E-state index contributed by atoms with van der Waals surface area (Å²) >= 11 is 0. The van der Waals surface area contributed by atoms with Crippen LogP contribution in [0.4, 0.5) is 0 Å². The van der Waals surface area contributed by atoms with Gasteiger partial charge in [0.05, 0.1) is 12.2 Å². The van der Waals surface area contributed by atoms with E-state index in [0.717, 1.165) is 25.3 Å². The zero-order chi connectivity index (χ0) is 12.4. The zero-order valence-electron chi connectivity index (χ0n) is 10.5. The Kier molecular flexibility index (Phi) is 7.87. The van der Waals surface area contributed by atoms with Gasteiger partial charge >= 0.3 is 0 Å². The molecule has 0 rings (SSSR count). The van der Waals surface area contributed by atoms with E-state index >= 15 is 0 Å². The van der Waals surface area contributed by atoms with Gasteiger partial charge in [0.25, 0.3) is 0 Å². The quantitative estimate of drug-likeness (QED) is 0.344. The molecule has 0 atom stereocenters. The van der Waals surface area contributed by atoms with Crippen molar-refractivity contribution in [3.63, 3.8) is 0 Å². The van der Waals surface area contributed by atoms with E-state index in [0.29, 0.717) is 6.42 Å². The number of hydrogen-bond donors (Lipinski definition) is 0. The lowest BCUT2D eigenvalue weighted by molar-refractivity contribution is 0.197. The van der Waals surface area contributed by atoms with E-state index in [1.54, 1.807) is 0 Å². The van der Waals surface area contributed by atoms with Crippen LogP contribution >= 0.6 is 0 Å². The van der Waals surface area contributed by atoms with Crippen LogP contribution in [0.2, 0.25) is 19.1 Å². The Balaban J connectivity index is 4.11. The molecule has 0 saturated heterocycles. The average Bonchev–Trinajstić information content (AvgIpc) is 2.18. The van der Waals surface area contributed by atoms with Crippen LogP contribution in [-0.2, 0) is 4.43 Å². The lowest BCUT2D eigenvalue weighted by Crippen LogP contribution is -2.35. The van der Waals surface area contributed by atoms with Crippen molar-refractivity contribution in [3.8, 4) is 6.07 Å². The molecule has 0 N–H and O–H groups in total. The summed E-state index contributed by atoms with van der Waals surface area (Å²) in [4.78, 5) is 0. The second-order valence-corrected chi connectivity index (χ2v) is 8.82. The van der Waals surface area contributed by atoms with E-state index in [1.807, 2.05) is 12.2 Å². The second kappa shape index (κ2) is 8.32. The minimum absolute atomic E-state index is 0.221. The molecule has 0 amide bonds. The molecule has 3 heteroatoms. The first-order valence-electron chi connectivity index (χ1n) is 5.82. The van der Waals surface area contributed by atoms with Crippen LogP contribution in [-0.4, -0.2) is 14.4 Å². The summed E-state index contributed by atoms with van der Waals surface area (Å²) in [5.74, 6) is 0. The van der Waals surface area contributed by atoms with Crippen LogP contribution in [0.5, 0.6) is 0 Å². The lowest BCUT2D eigenvalue weighted by Gasteiger charge is -2.28. The maximum Gasteiger partial charge on any atom is 0.187 e. The van der Waals surface area contributed by atoms with E-state index < -0.39 is 8.32 Å². The van der Waals surface area contributed by atoms with Gasteiger partial charge in [-0.25, -0.2) is 0 Å². The fourth-order valence-corrected chi connectivity index (χ4v) is 3.91. The maximum atomic E-state index is 8.51. The highest BCUT2D eigenvalue weighted by Gasteiger charge is 2.25. The van der Waals surface area contributed by atoms with Crippen LogP contribution in [0.3, 0.4) is 0 Å². The van der Waals surface area contributed by atoms with Crippen molar-refractivity contribution in [2.45, 2.75) is 50.9 Å². The molecular formula is C13H23NOSi. The minimum Gasteiger partial charge on any atom is -0.414 e. The summed E-state index contributed by atoms with van der Waals surface area (Å²) in [7, 11) is -1.62. The van der Waals surface area contributed by atoms with Crippen LogP contribution in [0.15, 0.2) is 25.3 Å². The molecule has 0 aliphatic carbocycles. The molecule has 0 unspecified atom stereocenters. The predicted molar refractivity (Wildman–Crippen MR) is 71.6 cm³/mol. The molecule has 0 fully saturated rings. The molecule has 0 radical (unpaired) electrons. The van der Waals surface area contributed by atoms with Crippen molar-refractivity contribution in [1.82, 2.24) is 0 Å². The van der Waals surface area contributed by atoms with E-state index in [9.17, 15) is 0 Å². The largest absolute Gasteiger partial charge is 0.414 e. The van der Waals surface area contributed by atoms with E-state index in [-0.39, 0.29) is 6.10 Å². The van der Waals surface area contributed by atoms with Crippen molar-refractivity contribution in [2.24, 2.45) is 0 Å². The number of rotatable bonds is 9. The number of nitriles is 1. The lowest BCUT2D eigenvalue weighted by atomic mass is 10.2. The Labute approximate surface area is 101 Å². The first-order valence-corrected chi connectivity index (χ1v) is 8.94. The third-order valence-corrected chi connectivity index (χ3v) is 4.94.